The van der Waals surface area contributed by atoms with Crippen LogP contribution in [0.15, 0.2) is 66.4 Å². The molecule has 2 aliphatic heterocycles. The summed E-state index contributed by atoms with van der Waals surface area (Å²) in [5.41, 5.74) is 7.33. The minimum atomic E-state index is -2.22. The van der Waals surface area contributed by atoms with E-state index in [-0.39, 0.29) is 50.5 Å². The molecule has 352 valence electrons. The van der Waals surface area contributed by atoms with Gasteiger partial charge < -0.3 is 34.3 Å². The number of urea groups is 1. The van der Waals surface area contributed by atoms with Gasteiger partial charge in [0.1, 0.15) is 12.1 Å². The molecule has 1 aromatic carbocycles. The first kappa shape index (κ1) is 48.2. The minimum Gasteiger partial charge on any atom is -0.462 e. The van der Waals surface area contributed by atoms with Gasteiger partial charge in [-0.1, -0.05) is 33.8 Å². The van der Waals surface area contributed by atoms with Gasteiger partial charge in [-0.2, -0.15) is 5.43 Å². The fraction of sp³-hybridized carbons (Fsp3) is 0.490. The predicted molar refractivity (Wildman–Crippen MR) is 253 cm³/mol. The van der Waals surface area contributed by atoms with E-state index in [9.17, 15) is 24.3 Å². The highest BCUT2D eigenvalue weighted by atomic mass is 32.1. The van der Waals surface area contributed by atoms with Crippen molar-refractivity contribution in [2.24, 2.45) is 11.3 Å². The van der Waals surface area contributed by atoms with Crippen LogP contribution in [0.2, 0.25) is 0 Å². The Balaban J connectivity index is 1.27. The number of pyridine rings is 2. The van der Waals surface area contributed by atoms with Gasteiger partial charge in [-0.05, 0) is 86.6 Å². The lowest BCUT2D eigenvalue weighted by atomic mass is 9.84. The van der Waals surface area contributed by atoms with Gasteiger partial charge >= 0.3 is 12.0 Å². The van der Waals surface area contributed by atoms with Crippen molar-refractivity contribution in [3.05, 3.63) is 88.3 Å². The molecule has 0 saturated carbocycles. The Kier molecular flexibility index (Phi) is 14.6. The van der Waals surface area contributed by atoms with Crippen LogP contribution in [0.3, 0.4) is 0 Å². The summed E-state index contributed by atoms with van der Waals surface area (Å²) in [6, 6.07) is 11.6. The highest BCUT2D eigenvalue weighted by Gasteiger charge is 2.45. The maximum absolute atomic E-state index is 14.6. The number of esters is 1. The summed E-state index contributed by atoms with van der Waals surface area (Å²) >= 11 is 1.37. The van der Waals surface area contributed by atoms with Gasteiger partial charge in [0.15, 0.2) is 0 Å². The topological polar surface area (TPSA) is 184 Å². The molecule has 7 rings (SSSR count). The molecule has 6 heterocycles. The van der Waals surface area contributed by atoms with E-state index in [2.05, 4.69) is 45.4 Å². The SMILES string of the molecule is CCn1c(-c2cccnc2[C@H](C)OC)c2c3cc(ccc31)-c1csc(n1)C[C@H](NC(=O)[C@H](C(C)C)N(C)C(=O)N(C)CCc1ccncc1)C(=O)N1CCC[C@@](O)(N1)C(=O)OCC(C)(C)C2. The first-order valence-electron chi connectivity index (χ1n) is 22.7. The largest absolute Gasteiger partial charge is 0.462 e. The third-order valence-corrected chi connectivity index (χ3v) is 13.6. The summed E-state index contributed by atoms with van der Waals surface area (Å²) in [4.78, 5) is 73.7. The number of hydrazine groups is 1. The summed E-state index contributed by atoms with van der Waals surface area (Å²) in [5, 5.41) is 19.6. The number of amides is 4. The number of nitrogens with zero attached hydrogens (tertiary/aromatic N) is 7. The molecule has 4 amide bonds. The second kappa shape index (κ2) is 20.0. The lowest BCUT2D eigenvalue weighted by molar-refractivity contribution is -0.189. The van der Waals surface area contributed by atoms with Gasteiger partial charge in [0.2, 0.25) is 11.6 Å². The molecule has 1 saturated heterocycles. The molecule has 0 radical (unpaired) electrons. The zero-order valence-corrected chi connectivity index (χ0v) is 40.3. The average molecular weight is 922 g/mol. The number of methoxy groups -OCH3 is 1. The molecule has 16 nitrogen and oxygen atoms in total. The lowest BCUT2D eigenvalue weighted by Gasteiger charge is -2.40. The number of hydrogen-bond acceptors (Lipinski definition) is 12. The monoisotopic (exact) mass is 921 g/mol. The van der Waals surface area contributed by atoms with Crippen molar-refractivity contribution in [3.8, 4) is 22.5 Å². The third kappa shape index (κ3) is 10.1. The number of fused-ring (bicyclic) bond motifs is 6. The number of carbonyl (C=O) groups excluding carboxylic acids is 4. The number of hydrogen-bond donors (Lipinski definition) is 3. The molecule has 5 aromatic rings. The van der Waals surface area contributed by atoms with Crippen LogP contribution in [0.1, 0.15) is 82.3 Å². The van der Waals surface area contributed by atoms with Gasteiger partial charge in [0.25, 0.3) is 5.91 Å². The molecule has 3 N–H and O–H groups in total. The normalized spacial score (nSPS) is 19.8. The van der Waals surface area contributed by atoms with Crippen molar-refractivity contribution in [1.82, 2.24) is 45.1 Å². The molecule has 6 bridgehead atoms. The van der Waals surface area contributed by atoms with E-state index in [1.54, 1.807) is 44.7 Å². The van der Waals surface area contributed by atoms with Crippen molar-refractivity contribution in [3.63, 3.8) is 0 Å². The Morgan fingerprint density at radius 3 is 2.58 bits per heavy atom. The van der Waals surface area contributed by atoms with Gasteiger partial charge in [0, 0.05) is 105 Å². The van der Waals surface area contributed by atoms with Crippen molar-refractivity contribution >= 4 is 46.1 Å². The van der Waals surface area contributed by atoms with E-state index < -0.39 is 41.0 Å². The van der Waals surface area contributed by atoms with Crippen LogP contribution in [-0.2, 0) is 49.7 Å². The lowest BCUT2D eigenvalue weighted by Crippen LogP contribution is -2.67. The highest BCUT2D eigenvalue weighted by molar-refractivity contribution is 7.10. The second-order valence-electron chi connectivity index (χ2n) is 18.6. The van der Waals surface area contributed by atoms with Crippen LogP contribution in [-0.4, -0.2) is 122 Å². The first-order chi connectivity index (χ1) is 31.4. The number of ether oxygens (including phenoxy) is 2. The molecule has 4 atom stereocenters. The van der Waals surface area contributed by atoms with Gasteiger partial charge in [-0.15, -0.1) is 11.3 Å². The molecule has 1 fully saturated rings. The molecular formula is C49H63N9O7S. The number of thiazole rings is 1. The Hall–Kier alpha value is -5.75. The maximum Gasteiger partial charge on any atom is 0.355 e. The third-order valence-electron chi connectivity index (χ3n) is 12.7. The van der Waals surface area contributed by atoms with E-state index in [4.69, 9.17) is 19.4 Å². The Labute approximate surface area is 390 Å². The molecule has 0 aliphatic carbocycles. The number of cyclic esters (lactones) is 1. The average Bonchev–Trinajstić information content (AvgIpc) is 3.90. The molecule has 17 heteroatoms. The van der Waals surface area contributed by atoms with Gasteiger partial charge in [-0.25, -0.2) is 14.6 Å². The summed E-state index contributed by atoms with van der Waals surface area (Å²) < 4.78 is 14.0. The summed E-state index contributed by atoms with van der Waals surface area (Å²) in [6.07, 6.45) is 6.28. The number of likely N-dealkylation sites (N-methyl/N-ethyl adjacent to an activating group) is 2. The Morgan fingerprint density at radius 1 is 1.11 bits per heavy atom. The van der Waals surface area contributed by atoms with Gasteiger partial charge in [-0.3, -0.25) is 24.6 Å². The Morgan fingerprint density at radius 2 is 1.86 bits per heavy atom. The van der Waals surface area contributed by atoms with E-state index in [0.717, 1.165) is 44.5 Å². The Bertz CT molecular complexity index is 2560. The van der Waals surface area contributed by atoms with Crippen LogP contribution in [0.25, 0.3) is 33.4 Å². The fourth-order valence-corrected chi connectivity index (χ4v) is 9.97. The first-order valence-corrected chi connectivity index (χ1v) is 23.6. The number of rotatable bonds is 11. The highest BCUT2D eigenvalue weighted by Crippen LogP contribution is 2.42. The van der Waals surface area contributed by atoms with Crippen molar-refractivity contribution in [2.75, 3.05) is 40.9 Å². The van der Waals surface area contributed by atoms with Crippen molar-refractivity contribution < 1.29 is 33.8 Å². The van der Waals surface area contributed by atoms with Crippen LogP contribution < -0.4 is 10.7 Å². The molecular weight excluding hydrogens is 859 g/mol. The van der Waals surface area contributed by atoms with Crippen molar-refractivity contribution in [2.45, 2.75) is 104 Å². The zero-order chi connectivity index (χ0) is 47.5. The summed E-state index contributed by atoms with van der Waals surface area (Å²) in [7, 11) is 4.95. The fourth-order valence-electron chi connectivity index (χ4n) is 9.12. The van der Waals surface area contributed by atoms with E-state index >= 15 is 0 Å². The zero-order valence-electron chi connectivity index (χ0n) is 39.5. The van der Waals surface area contributed by atoms with E-state index in [1.165, 1.54) is 21.2 Å². The minimum absolute atomic E-state index is 0.00169. The predicted octanol–water partition coefficient (Wildman–Crippen LogP) is 6.17. The number of carbonyl (C=O) groups is 4. The van der Waals surface area contributed by atoms with Crippen LogP contribution in [0.5, 0.6) is 0 Å². The summed E-state index contributed by atoms with van der Waals surface area (Å²) in [6.45, 7) is 13.0. The quantitative estimate of drug-likeness (QED) is 0.129. The van der Waals surface area contributed by atoms with Crippen LogP contribution in [0.4, 0.5) is 4.79 Å². The molecule has 66 heavy (non-hydrogen) atoms. The van der Waals surface area contributed by atoms with Crippen LogP contribution >= 0.6 is 11.3 Å². The number of aryl methyl sites for hydroxylation is 1. The van der Waals surface area contributed by atoms with Crippen molar-refractivity contribution in [1.29, 1.82) is 0 Å². The number of aromatic nitrogens is 4. The summed E-state index contributed by atoms with van der Waals surface area (Å²) in [5.74, 6) is -2.34. The number of aliphatic hydroxyl groups is 1. The number of nitrogens with one attached hydrogen (secondary N) is 2. The van der Waals surface area contributed by atoms with Crippen LogP contribution in [0, 0.1) is 11.3 Å². The second-order valence-corrected chi connectivity index (χ2v) is 19.5. The maximum atomic E-state index is 14.6. The molecule has 2 aliphatic rings. The molecule has 4 aromatic heterocycles. The standard InChI is InChI=1S/C49H63N9O7S/c1-10-57-39-15-14-33-25-35(39)36(43(57)34-13-11-20-51-41(34)31(4)64-9)27-48(5,6)29-65-46(61)49(63)19-12-23-58(54-49)45(60)37(26-40-52-38(33)28-66-40)53-44(59)42(30(2)3)56(8)47(62)55(7)24-18-32-16-21-50-22-17-32/h11,13-17,20-22,25,28,30-31,37,42,54,63H,10,12,18-19,23-24,26-27,29H2,1-9H3,(H,53,59)/t31-,37-,42-,49-/m0/s1. The van der Waals surface area contributed by atoms with E-state index in [0.29, 0.717) is 36.6 Å². The van der Waals surface area contributed by atoms with Gasteiger partial charge in [0.05, 0.1) is 34.8 Å². The van der Waals surface area contributed by atoms with E-state index in [1.807, 2.05) is 64.3 Å². The molecule has 0 unspecified atom stereocenters. The number of benzene rings is 1. The smallest absolute Gasteiger partial charge is 0.355 e. The molecule has 0 spiro atoms.